The van der Waals surface area contributed by atoms with Gasteiger partial charge in [0.25, 0.3) is 0 Å². The summed E-state index contributed by atoms with van der Waals surface area (Å²) in [6, 6.07) is 1.47. The molecule has 1 aromatic heterocycles. The molecule has 6 nitrogen and oxygen atoms in total. The molecule has 7 heteroatoms. The number of nitrogen functional groups attached to an aromatic ring is 1. The molecule has 0 saturated carbocycles. The highest BCUT2D eigenvalue weighted by molar-refractivity contribution is 7.89. The molecule has 1 aromatic rings. The van der Waals surface area contributed by atoms with Crippen molar-refractivity contribution in [3.63, 3.8) is 0 Å². The lowest BCUT2D eigenvalue weighted by Gasteiger charge is -2.22. The number of anilines is 1. The number of hydrogen-bond donors (Lipinski definition) is 2. The van der Waals surface area contributed by atoms with Gasteiger partial charge in [-0.3, -0.25) is 4.98 Å². The lowest BCUT2D eigenvalue weighted by atomic mass is 10.1. The molecule has 19 heavy (non-hydrogen) atoms. The molecule has 0 radical (unpaired) electrons. The van der Waals surface area contributed by atoms with E-state index in [1.807, 2.05) is 0 Å². The summed E-state index contributed by atoms with van der Waals surface area (Å²) in [5.74, 6) is 0. The normalized spacial score (nSPS) is 20.3. The minimum atomic E-state index is -3.58. The molecule has 1 unspecified atom stereocenters. The van der Waals surface area contributed by atoms with E-state index in [4.69, 9.17) is 10.5 Å². The van der Waals surface area contributed by atoms with Gasteiger partial charge in [-0.05, 0) is 31.7 Å². The molecular formula is C12H19N3O3S. The third-order valence-electron chi connectivity index (χ3n) is 3.14. The van der Waals surface area contributed by atoms with Crippen LogP contribution >= 0.6 is 0 Å². The number of aromatic nitrogens is 1. The van der Waals surface area contributed by atoms with Crippen molar-refractivity contribution in [2.24, 2.45) is 0 Å². The lowest BCUT2D eigenvalue weighted by molar-refractivity contribution is 0.0123. The smallest absolute Gasteiger partial charge is 0.244 e. The first kappa shape index (κ1) is 14.2. The minimum absolute atomic E-state index is 0.0274. The molecule has 1 aliphatic heterocycles. The van der Waals surface area contributed by atoms with Crippen molar-refractivity contribution in [3.8, 4) is 0 Å². The monoisotopic (exact) mass is 285 g/mol. The highest BCUT2D eigenvalue weighted by Gasteiger charge is 2.19. The van der Waals surface area contributed by atoms with E-state index in [1.54, 1.807) is 0 Å². The molecule has 1 aliphatic rings. The number of nitrogens with one attached hydrogen (secondary N) is 1. The van der Waals surface area contributed by atoms with Crippen LogP contribution in [0.1, 0.15) is 25.7 Å². The van der Waals surface area contributed by atoms with Crippen LogP contribution in [0.5, 0.6) is 0 Å². The highest BCUT2D eigenvalue weighted by atomic mass is 32.2. The van der Waals surface area contributed by atoms with Gasteiger partial charge in [0.05, 0.1) is 11.8 Å². The van der Waals surface area contributed by atoms with E-state index in [2.05, 4.69) is 9.71 Å². The Morgan fingerprint density at radius 3 is 3.00 bits per heavy atom. The van der Waals surface area contributed by atoms with Gasteiger partial charge in [0, 0.05) is 25.5 Å². The van der Waals surface area contributed by atoms with Crippen LogP contribution in [0.2, 0.25) is 0 Å². The quantitative estimate of drug-likeness (QED) is 0.838. The summed E-state index contributed by atoms with van der Waals surface area (Å²) in [7, 11) is -3.58. The van der Waals surface area contributed by atoms with E-state index in [9.17, 15) is 8.42 Å². The number of pyridine rings is 1. The standard InChI is InChI=1S/C12H19N3O3S/c13-11-5-6-14-9-12(11)19(16,17)15-7-4-10-3-1-2-8-18-10/h5-6,9-10,15H,1-4,7-8H2,(H2,13,14). The van der Waals surface area contributed by atoms with E-state index in [0.717, 1.165) is 25.9 Å². The maximum absolute atomic E-state index is 12.0. The number of nitrogens with two attached hydrogens (primary N) is 1. The van der Waals surface area contributed by atoms with Crippen molar-refractivity contribution >= 4 is 15.7 Å². The van der Waals surface area contributed by atoms with Crippen LogP contribution in [0, 0.1) is 0 Å². The summed E-state index contributed by atoms with van der Waals surface area (Å²) >= 11 is 0. The van der Waals surface area contributed by atoms with Gasteiger partial charge in [-0.15, -0.1) is 0 Å². The van der Waals surface area contributed by atoms with Gasteiger partial charge in [0.1, 0.15) is 4.90 Å². The highest BCUT2D eigenvalue weighted by Crippen LogP contribution is 2.17. The van der Waals surface area contributed by atoms with Crippen LogP contribution in [0.4, 0.5) is 5.69 Å². The van der Waals surface area contributed by atoms with Crippen molar-refractivity contribution in [2.45, 2.75) is 36.7 Å². The van der Waals surface area contributed by atoms with E-state index in [0.29, 0.717) is 13.0 Å². The molecule has 0 aliphatic carbocycles. The second kappa shape index (κ2) is 6.31. The number of nitrogens with zero attached hydrogens (tertiary/aromatic N) is 1. The first-order valence-electron chi connectivity index (χ1n) is 6.40. The third-order valence-corrected chi connectivity index (χ3v) is 4.64. The first-order valence-corrected chi connectivity index (χ1v) is 7.88. The Bertz CT molecular complexity index is 513. The zero-order valence-electron chi connectivity index (χ0n) is 10.7. The summed E-state index contributed by atoms with van der Waals surface area (Å²) in [5, 5.41) is 0. The van der Waals surface area contributed by atoms with Crippen LogP contribution in [0.15, 0.2) is 23.4 Å². The van der Waals surface area contributed by atoms with Crippen LogP contribution in [-0.4, -0.2) is 32.7 Å². The third kappa shape index (κ3) is 3.89. The zero-order chi connectivity index (χ0) is 13.7. The Kier molecular flexibility index (Phi) is 4.73. The molecule has 106 valence electrons. The van der Waals surface area contributed by atoms with Gasteiger partial charge in [-0.2, -0.15) is 0 Å². The fourth-order valence-electron chi connectivity index (χ4n) is 2.08. The molecule has 1 fully saturated rings. The van der Waals surface area contributed by atoms with Crippen molar-refractivity contribution in [1.29, 1.82) is 0 Å². The summed E-state index contributed by atoms with van der Waals surface area (Å²) in [4.78, 5) is 3.81. The number of rotatable bonds is 5. The van der Waals surface area contributed by atoms with Crippen LogP contribution in [0.3, 0.4) is 0 Å². The number of ether oxygens (including phenoxy) is 1. The topological polar surface area (TPSA) is 94.3 Å². The van der Waals surface area contributed by atoms with Gasteiger partial charge in [-0.1, -0.05) is 0 Å². The Morgan fingerprint density at radius 2 is 2.32 bits per heavy atom. The predicted molar refractivity (Wildman–Crippen MR) is 72.0 cm³/mol. The van der Waals surface area contributed by atoms with E-state index >= 15 is 0 Å². The maximum Gasteiger partial charge on any atom is 0.244 e. The average Bonchev–Trinajstić information content (AvgIpc) is 2.40. The Hall–Kier alpha value is -1.18. The Morgan fingerprint density at radius 1 is 1.47 bits per heavy atom. The Balaban J connectivity index is 1.89. The van der Waals surface area contributed by atoms with Crippen molar-refractivity contribution in [1.82, 2.24) is 9.71 Å². The number of sulfonamides is 1. The van der Waals surface area contributed by atoms with Crippen LogP contribution < -0.4 is 10.5 Å². The molecular weight excluding hydrogens is 266 g/mol. The molecule has 3 N–H and O–H groups in total. The fourth-order valence-corrected chi connectivity index (χ4v) is 3.20. The van der Waals surface area contributed by atoms with Crippen LogP contribution in [-0.2, 0) is 14.8 Å². The molecule has 1 saturated heterocycles. The molecule has 2 heterocycles. The van der Waals surface area contributed by atoms with Crippen molar-refractivity contribution in [2.75, 3.05) is 18.9 Å². The van der Waals surface area contributed by atoms with Gasteiger partial charge < -0.3 is 10.5 Å². The van der Waals surface area contributed by atoms with Gasteiger partial charge in [-0.25, -0.2) is 13.1 Å². The molecule has 0 bridgehead atoms. The SMILES string of the molecule is Nc1ccncc1S(=O)(=O)NCCC1CCCCO1. The summed E-state index contributed by atoms with van der Waals surface area (Å²) in [6.45, 7) is 1.12. The van der Waals surface area contributed by atoms with E-state index in [1.165, 1.54) is 18.5 Å². The second-order valence-electron chi connectivity index (χ2n) is 4.59. The average molecular weight is 285 g/mol. The summed E-state index contributed by atoms with van der Waals surface area (Å²) in [6.07, 6.45) is 6.79. The summed E-state index contributed by atoms with van der Waals surface area (Å²) < 4.78 is 32.1. The second-order valence-corrected chi connectivity index (χ2v) is 6.32. The molecule has 0 aromatic carbocycles. The maximum atomic E-state index is 12.0. The van der Waals surface area contributed by atoms with Crippen LogP contribution in [0.25, 0.3) is 0 Å². The largest absolute Gasteiger partial charge is 0.398 e. The fraction of sp³-hybridized carbons (Fsp3) is 0.583. The van der Waals surface area contributed by atoms with Gasteiger partial charge in [0.15, 0.2) is 0 Å². The predicted octanol–water partition coefficient (Wildman–Crippen LogP) is 0.901. The van der Waals surface area contributed by atoms with Crippen molar-refractivity contribution in [3.05, 3.63) is 18.5 Å². The van der Waals surface area contributed by atoms with Gasteiger partial charge in [0.2, 0.25) is 10.0 Å². The van der Waals surface area contributed by atoms with E-state index < -0.39 is 10.0 Å². The summed E-state index contributed by atoms with van der Waals surface area (Å²) in [5.41, 5.74) is 5.84. The first-order chi connectivity index (χ1) is 9.09. The van der Waals surface area contributed by atoms with E-state index in [-0.39, 0.29) is 16.7 Å². The molecule has 0 spiro atoms. The van der Waals surface area contributed by atoms with Crippen molar-refractivity contribution < 1.29 is 13.2 Å². The zero-order valence-corrected chi connectivity index (χ0v) is 11.5. The minimum Gasteiger partial charge on any atom is -0.398 e. The Labute approximate surface area is 113 Å². The molecule has 0 amide bonds. The molecule has 1 atom stereocenters. The number of hydrogen-bond acceptors (Lipinski definition) is 5. The molecule has 2 rings (SSSR count). The lowest BCUT2D eigenvalue weighted by Crippen LogP contribution is -2.30. The van der Waals surface area contributed by atoms with Gasteiger partial charge >= 0.3 is 0 Å².